The highest BCUT2D eigenvalue weighted by Gasteiger charge is 2.56. The lowest BCUT2D eigenvalue weighted by Gasteiger charge is -2.51. The van der Waals surface area contributed by atoms with Crippen LogP contribution in [-0.4, -0.2) is 6.85 Å². The summed E-state index contributed by atoms with van der Waals surface area (Å²) in [6, 6.07) is 68.6. The van der Waals surface area contributed by atoms with Gasteiger partial charge in [-0.25, -0.2) is 0 Å². The summed E-state index contributed by atoms with van der Waals surface area (Å²) < 4.78 is 6.69. The molecular formula is C57H39BN2O. The van der Waals surface area contributed by atoms with Gasteiger partial charge in [-0.3, -0.25) is 0 Å². The topological polar surface area (TPSA) is 19.6 Å². The number of furan rings is 1. The molecule has 0 saturated carbocycles. The van der Waals surface area contributed by atoms with Crippen molar-refractivity contribution in [2.24, 2.45) is 0 Å². The van der Waals surface area contributed by atoms with E-state index in [1.807, 2.05) is 0 Å². The third-order valence-electron chi connectivity index (χ3n) is 14.4. The molecule has 61 heavy (non-hydrogen) atoms. The normalized spacial score (nSPS) is 14.8. The van der Waals surface area contributed by atoms with Crippen molar-refractivity contribution < 1.29 is 4.42 Å². The molecule has 1 spiro atoms. The summed E-state index contributed by atoms with van der Waals surface area (Å²) >= 11 is 0. The molecule has 0 saturated heterocycles. The lowest BCUT2D eigenvalue weighted by molar-refractivity contribution is 0.590. The average molecular weight is 779 g/mol. The van der Waals surface area contributed by atoms with Gasteiger partial charge in [0, 0.05) is 39.1 Å². The molecule has 14 rings (SSSR count). The van der Waals surface area contributed by atoms with E-state index in [1.165, 1.54) is 100 Å². The third-order valence-corrected chi connectivity index (χ3v) is 14.4. The molecule has 0 atom stereocenters. The van der Waals surface area contributed by atoms with Crippen LogP contribution in [0.15, 0.2) is 186 Å². The number of anilines is 5. The SMILES string of the molecule is CC(C)(C)c1ccc(N2B3c4cccc5c4N(c4ccccc4C54c5ccccc5-c5ccccc54)c4cc5ccccc5c(c43)-c3c2ccc2oc4ccccc4c32)cc1. The Labute approximate surface area is 355 Å². The Morgan fingerprint density at radius 1 is 0.508 bits per heavy atom. The van der Waals surface area contributed by atoms with E-state index in [-0.39, 0.29) is 12.3 Å². The third kappa shape index (κ3) is 4.06. The van der Waals surface area contributed by atoms with Crippen molar-refractivity contribution in [2.45, 2.75) is 31.6 Å². The Morgan fingerprint density at radius 3 is 1.93 bits per heavy atom. The predicted molar refractivity (Wildman–Crippen MR) is 255 cm³/mol. The van der Waals surface area contributed by atoms with E-state index in [1.54, 1.807) is 0 Å². The summed E-state index contributed by atoms with van der Waals surface area (Å²) in [6.07, 6.45) is 0. The number of fused-ring (bicyclic) bond motifs is 19. The Balaban J connectivity index is 1.17. The number of nitrogens with zero attached hydrogens (tertiary/aromatic N) is 2. The van der Waals surface area contributed by atoms with Gasteiger partial charge in [-0.15, -0.1) is 0 Å². The summed E-state index contributed by atoms with van der Waals surface area (Å²) in [5.41, 5.74) is 21.9. The van der Waals surface area contributed by atoms with E-state index < -0.39 is 5.41 Å². The zero-order chi connectivity index (χ0) is 40.4. The molecule has 1 aliphatic carbocycles. The molecule has 3 nitrogen and oxygen atoms in total. The first-order valence-electron chi connectivity index (χ1n) is 21.6. The van der Waals surface area contributed by atoms with Crippen molar-refractivity contribution in [1.82, 2.24) is 0 Å². The van der Waals surface area contributed by atoms with Crippen LogP contribution in [0.4, 0.5) is 28.4 Å². The molecule has 286 valence electrons. The van der Waals surface area contributed by atoms with Gasteiger partial charge >= 0.3 is 6.85 Å². The van der Waals surface area contributed by atoms with E-state index in [0.717, 1.165) is 21.9 Å². The minimum atomic E-state index is -0.504. The van der Waals surface area contributed by atoms with Gasteiger partial charge < -0.3 is 14.1 Å². The predicted octanol–water partition coefficient (Wildman–Crippen LogP) is 13.4. The summed E-state index contributed by atoms with van der Waals surface area (Å²) in [7, 11) is 0. The maximum atomic E-state index is 6.69. The molecule has 3 aliphatic heterocycles. The molecule has 4 heteroatoms. The summed E-state index contributed by atoms with van der Waals surface area (Å²) in [5.74, 6) is 0. The van der Waals surface area contributed by atoms with Crippen LogP contribution in [0.2, 0.25) is 0 Å². The van der Waals surface area contributed by atoms with E-state index >= 15 is 0 Å². The van der Waals surface area contributed by atoms with Gasteiger partial charge in [0.2, 0.25) is 0 Å². The molecule has 1 aromatic heterocycles. The smallest absolute Gasteiger partial charge is 0.333 e. The van der Waals surface area contributed by atoms with Crippen molar-refractivity contribution in [1.29, 1.82) is 0 Å². The fraction of sp³-hybridized carbons (Fsp3) is 0.0877. The van der Waals surface area contributed by atoms with Crippen LogP contribution in [0, 0.1) is 0 Å². The van der Waals surface area contributed by atoms with Crippen LogP contribution < -0.4 is 20.6 Å². The second-order valence-electron chi connectivity index (χ2n) is 18.3. The van der Waals surface area contributed by atoms with Crippen LogP contribution in [-0.2, 0) is 10.8 Å². The van der Waals surface area contributed by atoms with Crippen LogP contribution in [0.25, 0.3) is 55.0 Å². The molecule has 9 aromatic carbocycles. The Bertz CT molecular complexity index is 3510. The molecule has 4 heterocycles. The fourth-order valence-corrected chi connectivity index (χ4v) is 12.0. The lowest BCUT2D eigenvalue weighted by Crippen LogP contribution is -2.62. The van der Waals surface area contributed by atoms with Gasteiger partial charge in [-0.05, 0) is 114 Å². The lowest BCUT2D eigenvalue weighted by atomic mass is 9.42. The number of hydrogen-bond donors (Lipinski definition) is 0. The molecule has 4 aliphatic rings. The minimum absolute atomic E-state index is 0.0261. The Hall–Kier alpha value is -7.30. The summed E-state index contributed by atoms with van der Waals surface area (Å²) in [6.45, 7) is 6.77. The highest BCUT2D eigenvalue weighted by Crippen LogP contribution is 2.64. The first-order chi connectivity index (χ1) is 29.9. The van der Waals surface area contributed by atoms with Crippen LogP contribution >= 0.6 is 0 Å². The van der Waals surface area contributed by atoms with Crippen LogP contribution in [0.1, 0.15) is 48.6 Å². The second kappa shape index (κ2) is 11.5. The maximum Gasteiger partial charge on any atom is 0.333 e. The monoisotopic (exact) mass is 778 g/mol. The largest absolute Gasteiger partial charge is 0.456 e. The van der Waals surface area contributed by atoms with Gasteiger partial charge in [-0.1, -0.05) is 160 Å². The number of rotatable bonds is 1. The first-order valence-corrected chi connectivity index (χ1v) is 21.6. The van der Waals surface area contributed by atoms with E-state index in [9.17, 15) is 0 Å². The summed E-state index contributed by atoms with van der Waals surface area (Å²) in [4.78, 5) is 5.29. The Morgan fingerprint density at radius 2 is 1.16 bits per heavy atom. The molecule has 0 N–H and O–H groups in total. The molecule has 0 amide bonds. The van der Waals surface area contributed by atoms with Gasteiger partial charge in [0.15, 0.2) is 0 Å². The maximum absolute atomic E-state index is 6.69. The molecule has 0 unspecified atom stereocenters. The highest BCUT2D eigenvalue weighted by molar-refractivity contribution is 6.94. The van der Waals surface area contributed by atoms with Gasteiger partial charge in [-0.2, -0.15) is 0 Å². The van der Waals surface area contributed by atoms with Gasteiger partial charge in [0.05, 0.1) is 11.1 Å². The quantitative estimate of drug-likeness (QED) is 0.155. The van der Waals surface area contributed by atoms with Crippen molar-refractivity contribution in [3.63, 3.8) is 0 Å². The molecule has 0 fully saturated rings. The molecular weight excluding hydrogens is 739 g/mol. The van der Waals surface area contributed by atoms with E-state index in [0.29, 0.717) is 0 Å². The number of benzene rings is 9. The molecule has 0 radical (unpaired) electrons. The van der Waals surface area contributed by atoms with Crippen molar-refractivity contribution in [2.75, 3.05) is 9.71 Å². The van der Waals surface area contributed by atoms with Crippen molar-refractivity contribution >= 4 is 78.9 Å². The van der Waals surface area contributed by atoms with Crippen molar-refractivity contribution in [3.8, 4) is 22.3 Å². The zero-order valence-electron chi connectivity index (χ0n) is 34.2. The van der Waals surface area contributed by atoms with Crippen molar-refractivity contribution in [3.05, 3.63) is 210 Å². The standard InChI is InChI=1S/C57H39BN2O/c1-56(2,3)35-27-29-36(30-28-35)60-47-31-32-50-51(40-19-8-13-26-49(40)61-50)53(47)52-37-16-5-4-15-34(37)33-48-54(52)58(60)45-24-14-23-44-55(45)59(48)46-25-12-11-22-43(46)57(44)41-20-9-6-17-38(41)39-18-7-10-21-42(39)57/h4-33H,1-3H3. The second-order valence-corrected chi connectivity index (χ2v) is 18.3. The highest BCUT2D eigenvalue weighted by atomic mass is 16.3. The minimum Gasteiger partial charge on any atom is -0.456 e. The van der Waals surface area contributed by atoms with Crippen LogP contribution in [0.3, 0.4) is 0 Å². The Kier molecular flexibility index (Phi) is 6.32. The summed E-state index contributed by atoms with van der Waals surface area (Å²) in [5, 5.41) is 4.79. The number of hydrogen-bond acceptors (Lipinski definition) is 3. The zero-order valence-corrected chi connectivity index (χ0v) is 34.2. The molecule has 0 bridgehead atoms. The van der Waals surface area contributed by atoms with Crippen LogP contribution in [0.5, 0.6) is 0 Å². The van der Waals surface area contributed by atoms with Gasteiger partial charge in [0.25, 0.3) is 0 Å². The fourth-order valence-electron chi connectivity index (χ4n) is 12.0. The van der Waals surface area contributed by atoms with E-state index in [4.69, 9.17) is 4.42 Å². The first kappa shape index (κ1) is 33.5. The molecule has 10 aromatic rings. The van der Waals surface area contributed by atoms with Gasteiger partial charge in [0.1, 0.15) is 11.2 Å². The average Bonchev–Trinajstić information content (AvgIpc) is 3.82. The van der Waals surface area contributed by atoms with E-state index in [2.05, 4.69) is 212 Å². The number of para-hydroxylation sites is 3.